The van der Waals surface area contributed by atoms with Crippen molar-refractivity contribution in [2.24, 2.45) is 0 Å². The number of hydrogen-bond acceptors (Lipinski definition) is 4. The molecule has 0 aliphatic rings. The molecule has 0 spiro atoms. The van der Waals surface area contributed by atoms with Gasteiger partial charge in [-0.1, -0.05) is 0 Å². The van der Waals surface area contributed by atoms with Crippen molar-refractivity contribution in [1.82, 2.24) is 9.80 Å². The van der Waals surface area contributed by atoms with Gasteiger partial charge in [-0.05, 0) is 45.2 Å². The molecule has 0 aliphatic heterocycles. The molecule has 0 aromatic heterocycles. The first kappa shape index (κ1) is 18.7. The van der Waals surface area contributed by atoms with Crippen molar-refractivity contribution in [3.05, 3.63) is 29.8 Å². The number of nitrogens with one attached hydrogen (secondary N) is 1. The maximum Gasteiger partial charge on any atom is 0.236 e. The molecule has 0 bridgehead atoms. The summed E-state index contributed by atoms with van der Waals surface area (Å²) in [6, 6.07) is 8.74. The molecule has 0 fully saturated rings. The largest absolute Gasteiger partial charge is 0.342 e. The number of likely N-dealkylation sites (N-methyl/N-ethyl adjacent to an activating group) is 2. The van der Waals surface area contributed by atoms with Crippen molar-refractivity contribution < 1.29 is 9.59 Å². The van der Waals surface area contributed by atoms with Crippen LogP contribution < -0.4 is 5.32 Å². The zero-order valence-electron chi connectivity index (χ0n) is 14.0. The standard InChI is InChI=1S/C17H24N4O2/c1-4-21(5-2)17(23)13-20(3)11-10-16(22)19-15-8-6-14(12-18)7-9-15/h6-9H,4-5,10-11,13H2,1-3H3,(H,19,22). The van der Waals surface area contributed by atoms with Crippen molar-refractivity contribution in [2.45, 2.75) is 20.3 Å². The van der Waals surface area contributed by atoms with E-state index in [1.54, 1.807) is 29.2 Å². The number of rotatable bonds is 8. The third-order valence-electron chi connectivity index (χ3n) is 3.54. The molecule has 1 N–H and O–H groups in total. The summed E-state index contributed by atoms with van der Waals surface area (Å²) >= 11 is 0. The van der Waals surface area contributed by atoms with Crippen LogP contribution in [0, 0.1) is 11.3 Å². The van der Waals surface area contributed by atoms with Crippen LogP contribution in [0.25, 0.3) is 0 Å². The van der Waals surface area contributed by atoms with E-state index in [2.05, 4.69) is 5.32 Å². The average Bonchev–Trinajstić information content (AvgIpc) is 2.55. The van der Waals surface area contributed by atoms with Crippen LogP contribution in [0.3, 0.4) is 0 Å². The SMILES string of the molecule is CCN(CC)C(=O)CN(C)CCC(=O)Nc1ccc(C#N)cc1. The number of anilines is 1. The van der Waals surface area contributed by atoms with Crippen LogP contribution in [-0.2, 0) is 9.59 Å². The van der Waals surface area contributed by atoms with Gasteiger partial charge in [0.2, 0.25) is 11.8 Å². The zero-order valence-corrected chi connectivity index (χ0v) is 14.0. The second-order valence-corrected chi connectivity index (χ2v) is 5.29. The Bertz CT molecular complexity index is 559. The fourth-order valence-electron chi connectivity index (χ4n) is 2.13. The van der Waals surface area contributed by atoms with Gasteiger partial charge in [-0.3, -0.25) is 14.5 Å². The van der Waals surface area contributed by atoms with Crippen LogP contribution in [0.5, 0.6) is 0 Å². The van der Waals surface area contributed by atoms with Crippen molar-refractivity contribution >= 4 is 17.5 Å². The predicted octanol–water partition coefficient (Wildman–Crippen LogP) is 1.69. The third kappa shape index (κ3) is 6.49. The lowest BCUT2D eigenvalue weighted by molar-refractivity contribution is -0.132. The molecule has 124 valence electrons. The first-order valence-corrected chi connectivity index (χ1v) is 7.76. The average molecular weight is 316 g/mol. The number of carbonyl (C=O) groups is 2. The van der Waals surface area contributed by atoms with Gasteiger partial charge < -0.3 is 10.2 Å². The lowest BCUT2D eigenvalue weighted by Gasteiger charge is -2.22. The first-order chi connectivity index (χ1) is 11.0. The van der Waals surface area contributed by atoms with Crippen LogP contribution >= 0.6 is 0 Å². The Hall–Kier alpha value is -2.39. The fourth-order valence-corrected chi connectivity index (χ4v) is 2.13. The Morgan fingerprint density at radius 1 is 1.17 bits per heavy atom. The number of nitriles is 1. The lowest BCUT2D eigenvalue weighted by Crippen LogP contribution is -2.39. The molecule has 0 unspecified atom stereocenters. The normalized spacial score (nSPS) is 10.2. The third-order valence-corrected chi connectivity index (χ3v) is 3.54. The van der Waals surface area contributed by atoms with Gasteiger partial charge in [0.15, 0.2) is 0 Å². The van der Waals surface area contributed by atoms with E-state index in [1.165, 1.54) is 0 Å². The van der Waals surface area contributed by atoms with Gasteiger partial charge in [-0.2, -0.15) is 5.26 Å². The molecule has 6 nitrogen and oxygen atoms in total. The summed E-state index contributed by atoms with van der Waals surface area (Å²) in [4.78, 5) is 27.5. The van der Waals surface area contributed by atoms with E-state index in [0.29, 0.717) is 43.9 Å². The maximum atomic E-state index is 12.0. The Morgan fingerprint density at radius 3 is 2.30 bits per heavy atom. The molecule has 0 radical (unpaired) electrons. The monoisotopic (exact) mass is 316 g/mol. The topological polar surface area (TPSA) is 76.4 Å². The van der Waals surface area contributed by atoms with Gasteiger partial charge in [-0.15, -0.1) is 0 Å². The van der Waals surface area contributed by atoms with E-state index in [9.17, 15) is 9.59 Å². The predicted molar refractivity (Wildman–Crippen MR) is 89.8 cm³/mol. The van der Waals surface area contributed by atoms with Gasteiger partial charge in [0.05, 0.1) is 18.2 Å². The van der Waals surface area contributed by atoms with Crippen LogP contribution in [0.15, 0.2) is 24.3 Å². The molecule has 0 saturated heterocycles. The van der Waals surface area contributed by atoms with E-state index in [-0.39, 0.29) is 11.8 Å². The van der Waals surface area contributed by atoms with Gasteiger partial charge in [0.25, 0.3) is 0 Å². The highest BCUT2D eigenvalue weighted by Gasteiger charge is 2.13. The Balaban J connectivity index is 2.37. The summed E-state index contributed by atoms with van der Waals surface area (Å²) in [6.07, 6.45) is 0.308. The second-order valence-electron chi connectivity index (χ2n) is 5.29. The van der Waals surface area contributed by atoms with E-state index in [4.69, 9.17) is 5.26 Å². The minimum atomic E-state index is -0.114. The summed E-state index contributed by atoms with van der Waals surface area (Å²) < 4.78 is 0. The zero-order chi connectivity index (χ0) is 17.2. The minimum absolute atomic E-state index is 0.0741. The molecule has 0 saturated carbocycles. The smallest absolute Gasteiger partial charge is 0.236 e. The van der Waals surface area contributed by atoms with Crippen molar-refractivity contribution in [2.75, 3.05) is 38.5 Å². The van der Waals surface area contributed by atoms with Gasteiger partial charge in [0.1, 0.15) is 0 Å². The molecule has 1 aromatic carbocycles. The van der Waals surface area contributed by atoms with Crippen molar-refractivity contribution in [3.8, 4) is 6.07 Å². The van der Waals surface area contributed by atoms with Crippen LogP contribution in [-0.4, -0.2) is 54.8 Å². The summed E-state index contributed by atoms with van der Waals surface area (Å²) in [5.41, 5.74) is 1.22. The number of carbonyl (C=O) groups excluding carboxylic acids is 2. The molecule has 23 heavy (non-hydrogen) atoms. The number of benzene rings is 1. The van der Waals surface area contributed by atoms with Crippen molar-refractivity contribution in [1.29, 1.82) is 5.26 Å². The summed E-state index contributed by atoms with van der Waals surface area (Å²) in [6.45, 7) is 6.12. The molecule has 1 aromatic rings. The molecule has 2 amide bonds. The molecular formula is C17H24N4O2. The molecule has 1 rings (SSSR count). The second kappa shape index (κ2) is 9.59. The van der Waals surface area contributed by atoms with Crippen LogP contribution in [0.2, 0.25) is 0 Å². The molecule has 0 aliphatic carbocycles. The Kier molecular flexibility index (Phi) is 7.78. The Morgan fingerprint density at radius 2 is 1.78 bits per heavy atom. The van der Waals surface area contributed by atoms with E-state index in [0.717, 1.165) is 0 Å². The number of amides is 2. The minimum Gasteiger partial charge on any atom is -0.342 e. The molecule has 0 atom stereocenters. The Labute approximate surface area is 137 Å². The summed E-state index contributed by atoms with van der Waals surface area (Å²) in [5.74, 6) is -0.0400. The maximum absolute atomic E-state index is 12.0. The highest BCUT2D eigenvalue weighted by atomic mass is 16.2. The van der Waals surface area contributed by atoms with Crippen LogP contribution in [0.1, 0.15) is 25.8 Å². The number of nitrogens with zero attached hydrogens (tertiary/aromatic N) is 3. The summed E-state index contributed by atoms with van der Waals surface area (Å²) in [7, 11) is 1.83. The summed E-state index contributed by atoms with van der Waals surface area (Å²) in [5, 5.41) is 11.5. The van der Waals surface area contributed by atoms with E-state index in [1.807, 2.05) is 31.9 Å². The van der Waals surface area contributed by atoms with Gasteiger partial charge in [-0.25, -0.2) is 0 Å². The highest BCUT2D eigenvalue weighted by molar-refractivity contribution is 5.90. The van der Waals surface area contributed by atoms with Gasteiger partial charge >= 0.3 is 0 Å². The van der Waals surface area contributed by atoms with Crippen LogP contribution in [0.4, 0.5) is 5.69 Å². The highest BCUT2D eigenvalue weighted by Crippen LogP contribution is 2.09. The lowest BCUT2D eigenvalue weighted by atomic mass is 10.2. The molecule has 0 heterocycles. The molecule has 6 heteroatoms. The van der Waals surface area contributed by atoms with E-state index >= 15 is 0 Å². The quantitative estimate of drug-likeness (QED) is 0.792. The van der Waals surface area contributed by atoms with E-state index < -0.39 is 0 Å². The molecular weight excluding hydrogens is 292 g/mol. The van der Waals surface area contributed by atoms with Gasteiger partial charge in [0, 0.05) is 31.7 Å². The fraction of sp³-hybridized carbons (Fsp3) is 0.471. The first-order valence-electron chi connectivity index (χ1n) is 7.76. The van der Waals surface area contributed by atoms with Crippen molar-refractivity contribution in [3.63, 3.8) is 0 Å². The number of hydrogen-bond donors (Lipinski definition) is 1.